The monoisotopic (exact) mass is 320 g/mol. The SMILES string of the molecule is C[C@H](Cn1cncn1)NCc1noc(-c2c(F)cccc2F)n1. The summed E-state index contributed by atoms with van der Waals surface area (Å²) in [6.45, 7) is 2.88. The smallest absolute Gasteiger partial charge is 0.263 e. The van der Waals surface area contributed by atoms with Gasteiger partial charge in [-0.3, -0.25) is 4.68 Å². The van der Waals surface area contributed by atoms with Gasteiger partial charge in [-0.1, -0.05) is 11.2 Å². The maximum atomic E-state index is 13.7. The van der Waals surface area contributed by atoms with E-state index < -0.39 is 11.6 Å². The van der Waals surface area contributed by atoms with E-state index in [1.807, 2.05) is 6.92 Å². The van der Waals surface area contributed by atoms with Crippen LogP contribution in [0, 0.1) is 11.6 Å². The molecule has 0 aliphatic heterocycles. The summed E-state index contributed by atoms with van der Waals surface area (Å²) < 4.78 is 34.0. The van der Waals surface area contributed by atoms with E-state index in [-0.39, 0.29) is 17.5 Å². The summed E-state index contributed by atoms with van der Waals surface area (Å²) in [7, 11) is 0. The predicted molar refractivity (Wildman–Crippen MR) is 76.0 cm³/mol. The van der Waals surface area contributed by atoms with Crippen LogP contribution < -0.4 is 5.32 Å². The zero-order chi connectivity index (χ0) is 16.2. The van der Waals surface area contributed by atoms with Gasteiger partial charge in [0.25, 0.3) is 5.89 Å². The summed E-state index contributed by atoms with van der Waals surface area (Å²) in [4.78, 5) is 7.88. The first-order chi connectivity index (χ1) is 11.1. The summed E-state index contributed by atoms with van der Waals surface area (Å²) in [5.74, 6) is -1.35. The van der Waals surface area contributed by atoms with E-state index in [1.54, 1.807) is 11.0 Å². The maximum absolute atomic E-state index is 13.7. The Balaban J connectivity index is 1.63. The fraction of sp³-hybridized carbons (Fsp3) is 0.286. The van der Waals surface area contributed by atoms with Crippen LogP contribution in [-0.2, 0) is 13.1 Å². The Morgan fingerprint density at radius 3 is 2.78 bits per heavy atom. The topological polar surface area (TPSA) is 81.7 Å². The van der Waals surface area contributed by atoms with Crippen molar-refractivity contribution < 1.29 is 13.3 Å². The van der Waals surface area contributed by atoms with Gasteiger partial charge in [-0.25, -0.2) is 13.8 Å². The van der Waals surface area contributed by atoms with E-state index >= 15 is 0 Å². The highest BCUT2D eigenvalue weighted by Gasteiger charge is 2.18. The quantitative estimate of drug-likeness (QED) is 0.745. The second-order valence-electron chi connectivity index (χ2n) is 5.01. The average Bonchev–Trinajstić information content (AvgIpc) is 3.17. The molecule has 9 heteroatoms. The number of benzene rings is 1. The first kappa shape index (κ1) is 15.2. The molecule has 2 heterocycles. The zero-order valence-corrected chi connectivity index (χ0v) is 12.3. The van der Waals surface area contributed by atoms with Gasteiger partial charge < -0.3 is 9.84 Å². The minimum atomic E-state index is -0.743. The fourth-order valence-corrected chi connectivity index (χ4v) is 2.07. The number of nitrogens with one attached hydrogen (secondary N) is 1. The highest BCUT2D eigenvalue weighted by Crippen LogP contribution is 2.24. The van der Waals surface area contributed by atoms with Crippen LogP contribution in [0.2, 0.25) is 0 Å². The lowest BCUT2D eigenvalue weighted by molar-refractivity contribution is 0.403. The molecule has 1 atom stereocenters. The number of aromatic nitrogens is 5. The predicted octanol–water partition coefficient (Wildman–Crippen LogP) is 1.78. The molecule has 3 rings (SSSR count). The lowest BCUT2D eigenvalue weighted by Crippen LogP contribution is -2.30. The summed E-state index contributed by atoms with van der Waals surface area (Å²) in [5.41, 5.74) is -0.318. The Morgan fingerprint density at radius 2 is 2.09 bits per heavy atom. The third kappa shape index (κ3) is 3.57. The summed E-state index contributed by atoms with van der Waals surface area (Å²) >= 11 is 0. The van der Waals surface area contributed by atoms with Gasteiger partial charge >= 0.3 is 0 Å². The van der Waals surface area contributed by atoms with Crippen molar-refractivity contribution in [1.29, 1.82) is 0 Å². The van der Waals surface area contributed by atoms with Crippen LogP contribution in [0.15, 0.2) is 35.4 Å². The van der Waals surface area contributed by atoms with Gasteiger partial charge in [0.1, 0.15) is 29.9 Å². The molecule has 0 aliphatic rings. The second kappa shape index (κ2) is 6.61. The highest BCUT2D eigenvalue weighted by molar-refractivity contribution is 5.54. The zero-order valence-electron chi connectivity index (χ0n) is 12.3. The Labute approximate surface area is 130 Å². The van der Waals surface area contributed by atoms with Crippen LogP contribution in [0.1, 0.15) is 12.7 Å². The Bertz CT molecular complexity index is 753. The lowest BCUT2D eigenvalue weighted by atomic mass is 10.2. The molecule has 0 amide bonds. The van der Waals surface area contributed by atoms with E-state index in [4.69, 9.17) is 4.52 Å². The van der Waals surface area contributed by atoms with Crippen LogP contribution in [-0.4, -0.2) is 30.9 Å². The second-order valence-corrected chi connectivity index (χ2v) is 5.01. The first-order valence-electron chi connectivity index (χ1n) is 6.96. The summed E-state index contributed by atoms with van der Waals surface area (Å²) in [6.07, 6.45) is 3.08. The molecular formula is C14H14F2N6O. The fourth-order valence-electron chi connectivity index (χ4n) is 2.07. The van der Waals surface area contributed by atoms with E-state index in [0.717, 1.165) is 12.1 Å². The molecule has 0 saturated heterocycles. The van der Waals surface area contributed by atoms with Crippen molar-refractivity contribution >= 4 is 0 Å². The molecule has 1 N–H and O–H groups in total. The van der Waals surface area contributed by atoms with Crippen molar-refractivity contribution in [2.75, 3.05) is 0 Å². The van der Waals surface area contributed by atoms with Gasteiger partial charge in [0, 0.05) is 6.04 Å². The maximum Gasteiger partial charge on any atom is 0.263 e. The van der Waals surface area contributed by atoms with Crippen LogP contribution in [0.5, 0.6) is 0 Å². The molecule has 0 fully saturated rings. The third-order valence-electron chi connectivity index (χ3n) is 3.18. The molecule has 0 aliphatic carbocycles. The van der Waals surface area contributed by atoms with Crippen molar-refractivity contribution in [3.63, 3.8) is 0 Å². The number of hydrogen-bond donors (Lipinski definition) is 1. The van der Waals surface area contributed by atoms with Gasteiger partial charge in [0.2, 0.25) is 0 Å². The molecule has 0 bridgehead atoms. The molecule has 0 radical (unpaired) electrons. The van der Waals surface area contributed by atoms with Gasteiger partial charge in [-0.05, 0) is 19.1 Å². The van der Waals surface area contributed by atoms with E-state index in [0.29, 0.717) is 18.9 Å². The van der Waals surface area contributed by atoms with Gasteiger partial charge in [0.05, 0.1) is 13.1 Å². The highest BCUT2D eigenvalue weighted by atomic mass is 19.1. The van der Waals surface area contributed by atoms with Crippen LogP contribution in [0.3, 0.4) is 0 Å². The molecule has 120 valence electrons. The Hall–Kier alpha value is -2.68. The van der Waals surface area contributed by atoms with Crippen LogP contribution >= 0.6 is 0 Å². The van der Waals surface area contributed by atoms with Crippen LogP contribution in [0.4, 0.5) is 8.78 Å². The molecule has 0 unspecified atom stereocenters. The minimum absolute atomic E-state index is 0.0730. The molecule has 0 saturated carbocycles. The lowest BCUT2D eigenvalue weighted by Gasteiger charge is -2.11. The number of hydrogen-bond acceptors (Lipinski definition) is 6. The molecule has 0 spiro atoms. The van der Waals surface area contributed by atoms with Gasteiger partial charge in [-0.15, -0.1) is 0 Å². The molecule has 7 nitrogen and oxygen atoms in total. The van der Waals surface area contributed by atoms with Crippen molar-refractivity contribution in [2.45, 2.75) is 26.1 Å². The van der Waals surface area contributed by atoms with E-state index in [9.17, 15) is 8.78 Å². The Kier molecular flexibility index (Phi) is 4.38. The molecule has 23 heavy (non-hydrogen) atoms. The van der Waals surface area contributed by atoms with Gasteiger partial charge in [0.15, 0.2) is 5.82 Å². The minimum Gasteiger partial charge on any atom is -0.334 e. The standard InChI is InChI=1S/C14H14F2N6O/c1-9(6-22-8-17-7-19-22)18-5-12-20-14(23-21-12)13-10(15)3-2-4-11(13)16/h2-4,7-9,18H,5-6H2,1H3/t9-/m1/s1. The summed E-state index contributed by atoms with van der Waals surface area (Å²) in [5, 5.41) is 10.9. The van der Waals surface area contributed by atoms with E-state index in [2.05, 4.69) is 25.5 Å². The number of rotatable bonds is 6. The first-order valence-corrected chi connectivity index (χ1v) is 6.96. The van der Waals surface area contributed by atoms with Gasteiger partial charge in [-0.2, -0.15) is 10.1 Å². The van der Waals surface area contributed by atoms with Crippen molar-refractivity contribution in [3.8, 4) is 11.5 Å². The van der Waals surface area contributed by atoms with Crippen LogP contribution in [0.25, 0.3) is 11.5 Å². The normalized spacial score (nSPS) is 12.5. The van der Waals surface area contributed by atoms with Crippen molar-refractivity contribution in [3.05, 3.63) is 48.3 Å². The molecule has 2 aromatic heterocycles. The van der Waals surface area contributed by atoms with Crippen molar-refractivity contribution in [1.82, 2.24) is 30.2 Å². The van der Waals surface area contributed by atoms with E-state index in [1.165, 1.54) is 12.4 Å². The molecular weight excluding hydrogens is 306 g/mol. The number of nitrogens with zero attached hydrogens (tertiary/aromatic N) is 5. The largest absolute Gasteiger partial charge is 0.334 e. The summed E-state index contributed by atoms with van der Waals surface area (Å²) in [6, 6.07) is 3.63. The number of halogens is 2. The Morgan fingerprint density at radius 1 is 1.30 bits per heavy atom. The third-order valence-corrected chi connectivity index (χ3v) is 3.18. The van der Waals surface area contributed by atoms with Crippen molar-refractivity contribution in [2.24, 2.45) is 0 Å². The average molecular weight is 320 g/mol. The molecule has 3 aromatic rings. The molecule has 1 aromatic carbocycles.